The maximum absolute atomic E-state index is 14.9. The third kappa shape index (κ3) is 2.89. The number of benzene rings is 1. The van der Waals surface area contributed by atoms with Gasteiger partial charge in [-0.2, -0.15) is 0 Å². The van der Waals surface area contributed by atoms with Gasteiger partial charge in [0, 0.05) is 49.9 Å². The van der Waals surface area contributed by atoms with Crippen molar-refractivity contribution in [2.75, 3.05) is 31.1 Å². The monoisotopic (exact) mass is 382 g/mol. The van der Waals surface area contributed by atoms with E-state index >= 15 is 0 Å². The molecule has 27 heavy (non-hydrogen) atoms. The van der Waals surface area contributed by atoms with Crippen LogP contribution >= 0.6 is 0 Å². The first-order valence-corrected chi connectivity index (χ1v) is 9.61. The molecule has 0 saturated carbocycles. The maximum atomic E-state index is 14.9. The maximum Gasteiger partial charge on any atom is 0.257 e. The molecule has 3 aliphatic rings. The highest BCUT2D eigenvalue weighted by Gasteiger charge is 2.42. The number of piperidine rings is 1. The molecule has 3 aliphatic heterocycles. The highest BCUT2D eigenvalue weighted by atomic mass is 19.2. The summed E-state index contributed by atoms with van der Waals surface area (Å²) in [4.78, 5) is 16.3. The van der Waals surface area contributed by atoms with Gasteiger partial charge in [0.25, 0.3) is 5.91 Å². The van der Waals surface area contributed by atoms with E-state index in [2.05, 4.69) is 10.6 Å². The van der Waals surface area contributed by atoms with Crippen molar-refractivity contribution in [3.8, 4) is 0 Å². The highest BCUT2D eigenvalue weighted by molar-refractivity contribution is 6.01. The molecule has 0 radical (unpaired) electrons. The van der Waals surface area contributed by atoms with Gasteiger partial charge >= 0.3 is 0 Å². The molecule has 1 amide bonds. The van der Waals surface area contributed by atoms with E-state index in [1.54, 1.807) is 9.80 Å². The van der Waals surface area contributed by atoms with Crippen LogP contribution in [0.4, 0.5) is 18.9 Å². The topological polar surface area (TPSA) is 47.6 Å². The van der Waals surface area contributed by atoms with Gasteiger partial charge in [0.1, 0.15) is 0 Å². The van der Waals surface area contributed by atoms with Crippen LogP contribution in [0.25, 0.3) is 0 Å². The number of nitrogens with one attached hydrogen (secondary N) is 2. The number of rotatable bonds is 2. The molecule has 3 heterocycles. The van der Waals surface area contributed by atoms with Crippen LogP contribution in [0.2, 0.25) is 0 Å². The average molecular weight is 382 g/mol. The summed E-state index contributed by atoms with van der Waals surface area (Å²) in [5.41, 5.74) is 0.0278. The molecule has 0 spiro atoms. The molecule has 4 rings (SSSR count). The zero-order valence-corrected chi connectivity index (χ0v) is 15.6. The Bertz CT molecular complexity index is 756. The van der Waals surface area contributed by atoms with E-state index in [1.165, 1.54) is 0 Å². The van der Waals surface area contributed by atoms with E-state index in [1.807, 2.05) is 13.8 Å². The van der Waals surface area contributed by atoms with Gasteiger partial charge in [-0.3, -0.25) is 4.79 Å². The summed E-state index contributed by atoms with van der Waals surface area (Å²) in [6.07, 6.45) is 1.71. The number of carbonyl (C=O) groups excluding carboxylic acids is 1. The largest absolute Gasteiger partial charge is 0.361 e. The minimum atomic E-state index is -1.56. The van der Waals surface area contributed by atoms with Crippen molar-refractivity contribution in [1.29, 1.82) is 0 Å². The minimum absolute atomic E-state index is 0.0463. The first-order chi connectivity index (χ1) is 12.9. The van der Waals surface area contributed by atoms with Crippen LogP contribution in [0.3, 0.4) is 0 Å². The van der Waals surface area contributed by atoms with Crippen molar-refractivity contribution >= 4 is 11.6 Å². The number of hydrogen-bond acceptors (Lipinski definition) is 4. The fourth-order valence-corrected chi connectivity index (χ4v) is 4.69. The third-order valence-corrected chi connectivity index (χ3v) is 6.00. The molecule has 148 valence electrons. The fourth-order valence-electron chi connectivity index (χ4n) is 4.69. The zero-order chi connectivity index (χ0) is 19.3. The Morgan fingerprint density at radius 2 is 1.67 bits per heavy atom. The third-order valence-electron chi connectivity index (χ3n) is 6.00. The lowest BCUT2D eigenvalue weighted by atomic mass is 10.0. The van der Waals surface area contributed by atoms with Gasteiger partial charge in [-0.1, -0.05) is 0 Å². The molecule has 0 aromatic heterocycles. The Hall–Kier alpha value is -1.80. The number of amides is 1. The van der Waals surface area contributed by atoms with Crippen LogP contribution in [0, 0.1) is 17.5 Å². The molecule has 2 N–H and O–H groups in total. The van der Waals surface area contributed by atoms with E-state index in [0.29, 0.717) is 19.6 Å². The normalized spacial score (nSPS) is 28.6. The van der Waals surface area contributed by atoms with Crippen molar-refractivity contribution < 1.29 is 18.0 Å². The summed E-state index contributed by atoms with van der Waals surface area (Å²) in [7, 11) is 0. The molecule has 2 fully saturated rings. The highest BCUT2D eigenvalue weighted by Crippen LogP contribution is 2.40. The second-order valence-corrected chi connectivity index (χ2v) is 7.84. The Morgan fingerprint density at radius 3 is 2.30 bits per heavy atom. The lowest BCUT2D eigenvalue weighted by molar-refractivity contribution is 0.0671. The predicted molar refractivity (Wildman–Crippen MR) is 96.4 cm³/mol. The van der Waals surface area contributed by atoms with Crippen LogP contribution in [0.15, 0.2) is 0 Å². The molecule has 5 nitrogen and oxygen atoms in total. The molecule has 1 aromatic rings. The molecule has 1 aromatic carbocycles. The number of carbonyl (C=O) groups is 1. The lowest BCUT2D eigenvalue weighted by Crippen LogP contribution is -2.56. The van der Waals surface area contributed by atoms with E-state index in [4.69, 9.17) is 0 Å². The number of hydrogen-bond donors (Lipinski definition) is 2. The van der Waals surface area contributed by atoms with Gasteiger partial charge in [0.05, 0.1) is 11.3 Å². The van der Waals surface area contributed by atoms with Crippen LogP contribution < -0.4 is 15.5 Å². The summed E-state index contributed by atoms with van der Waals surface area (Å²) >= 11 is 0. The molecular weight excluding hydrogens is 357 g/mol. The van der Waals surface area contributed by atoms with Crippen LogP contribution in [-0.2, 0) is 6.54 Å². The molecule has 3 atom stereocenters. The summed E-state index contributed by atoms with van der Waals surface area (Å²) in [6, 6.07) is -0.287. The molecule has 0 bridgehead atoms. The molecule has 8 heteroatoms. The Balaban J connectivity index is 1.81. The van der Waals surface area contributed by atoms with Crippen LogP contribution in [0.5, 0.6) is 0 Å². The van der Waals surface area contributed by atoms with Crippen molar-refractivity contribution in [3.05, 3.63) is 28.6 Å². The number of halogens is 3. The number of fused-ring (bicyclic) bond motifs is 1. The molecule has 3 unspecified atom stereocenters. The van der Waals surface area contributed by atoms with Gasteiger partial charge < -0.3 is 20.4 Å². The summed E-state index contributed by atoms with van der Waals surface area (Å²) in [5, 5.41) is 6.48. The van der Waals surface area contributed by atoms with E-state index in [0.717, 1.165) is 19.4 Å². The van der Waals surface area contributed by atoms with Crippen LogP contribution in [-0.4, -0.2) is 55.1 Å². The molecule has 0 aliphatic carbocycles. The summed E-state index contributed by atoms with van der Waals surface area (Å²) in [6.45, 7) is 6.66. The lowest BCUT2D eigenvalue weighted by Gasteiger charge is -2.42. The predicted octanol–water partition coefficient (Wildman–Crippen LogP) is 2.00. The minimum Gasteiger partial charge on any atom is -0.361 e. The van der Waals surface area contributed by atoms with Crippen molar-refractivity contribution in [2.24, 2.45) is 0 Å². The molecule has 2 saturated heterocycles. The van der Waals surface area contributed by atoms with Gasteiger partial charge in [0.2, 0.25) is 0 Å². The van der Waals surface area contributed by atoms with E-state index in [-0.39, 0.29) is 41.5 Å². The van der Waals surface area contributed by atoms with Crippen LogP contribution in [0.1, 0.15) is 42.6 Å². The van der Waals surface area contributed by atoms with E-state index in [9.17, 15) is 18.0 Å². The second kappa shape index (κ2) is 6.98. The average Bonchev–Trinajstić information content (AvgIpc) is 3.00. The first-order valence-electron chi connectivity index (χ1n) is 9.61. The van der Waals surface area contributed by atoms with Crippen molar-refractivity contribution in [1.82, 2.24) is 15.5 Å². The van der Waals surface area contributed by atoms with Gasteiger partial charge in [0.15, 0.2) is 17.5 Å². The first kappa shape index (κ1) is 18.6. The Morgan fingerprint density at radius 1 is 0.963 bits per heavy atom. The summed E-state index contributed by atoms with van der Waals surface area (Å²) < 4.78 is 43.9. The fraction of sp³-hybridized carbons (Fsp3) is 0.632. The zero-order valence-electron chi connectivity index (χ0n) is 15.6. The quantitative estimate of drug-likeness (QED) is 0.769. The van der Waals surface area contributed by atoms with Gasteiger partial charge in [-0.05, 0) is 33.2 Å². The second-order valence-electron chi connectivity index (χ2n) is 7.84. The standard InChI is InChI=1S/C19H25F3N4O/c1-10-6-24-7-11(2)26(10)18-13-9-25(12-4-3-5-23-8-12)19(27)14(13)15(20)16(21)17(18)22/h10-12,23-24H,3-9H2,1-2H3. The van der Waals surface area contributed by atoms with E-state index < -0.39 is 23.4 Å². The SMILES string of the molecule is CC1CNCC(C)N1c1c(F)c(F)c(F)c2c1CN(C1CCCNC1)C2=O. The Labute approximate surface area is 156 Å². The Kier molecular flexibility index (Phi) is 4.80. The smallest absolute Gasteiger partial charge is 0.257 e. The van der Waals surface area contributed by atoms with Crippen molar-refractivity contribution in [2.45, 2.75) is 51.4 Å². The number of piperazine rings is 1. The van der Waals surface area contributed by atoms with Gasteiger partial charge in [-0.15, -0.1) is 0 Å². The van der Waals surface area contributed by atoms with Gasteiger partial charge in [-0.25, -0.2) is 13.2 Å². The number of anilines is 1. The summed E-state index contributed by atoms with van der Waals surface area (Å²) in [5.74, 6) is -4.65. The van der Waals surface area contributed by atoms with Crippen molar-refractivity contribution in [3.63, 3.8) is 0 Å². The number of nitrogens with zero attached hydrogens (tertiary/aromatic N) is 2. The molecular formula is C19H25F3N4O.